The van der Waals surface area contributed by atoms with Crippen LogP contribution in [-0.4, -0.2) is 18.6 Å². The molecule has 0 amide bonds. The van der Waals surface area contributed by atoms with Gasteiger partial charge in [-0.15, -0.1) is 0 Å². The maximum absolute atomic E-state index is 5.82. The molecule has 2 rings (SSSR count). The van der Waals surface area contributed by atoms with Gasteiger partial charge in [0.05, 0.1) is 6.61 Å². The highest BCUT2D eigenvalue weighted by atomic mass is 16.5. The predicted octanol–water partition coefficient (Wildman–Crippen LogP) is 2.78. The molecule has 0 spiro atoms. The van der Waals surface area contributed by atoms with Crippen LogP contribution in [0.15, 0.2) is 42.7 Å². The molecule has 0 saturated carbocycles. The molecule has 4 nitrogen and oxygen atoms in total. The molecule has 1 N–H and O–H groups in total. The standard InChI is InChI=1S/C16H20N2O2/c1-3-19-16-9-13(10-17-2)6-7-15(16)20-12-14-5-4-8-18-11-14/h4-9,11,17H,3,10,12H2,1-2H3. The van der Waals surface area contributed by atoms with Crippen LogP contribution in [0.4, 0.5) is 0 Å². The lowest BCUT2D eigenvalue weighted by Gasteiger charge is -2.13. The van der Waals surface area contributed by atoms with E-state index >= 15 is 0 Å². The van der Waals surface area contributed by atoms with E-state index in [4.69, 9.17) is 9.47 Å². The van der Waals surface area contributed by atoms with Gasteiger partial charge in [-0.25, -0.2) is 0 Å². The number of aromatic nitrogens is 1. The molecule has 20 heavy (non-hydrogen) atoms. The molecule has 0 bridgehead atoms. The van der Waals surface area contributed by atoms with Gasteiger partial charge in [0.15, 0.2) is 11.5 Å². The minimum Gasteiger partial charge on any atom is -0.490 e. The first-order chi connectivity index (χ1) is 9.83. The Morgan fingerprint density at radius 2 is 2.00 bits per heavy atom. The van der Waals surface area contributed by atoms with Gasteiger partial charge in [-0.2, -0.15) is 0 Å². The first-order valence-electron chi connectivity index (χ1n) is 6.75. The Morgan fingerprint density at radius 1 is 1.10 bits per heavy atom. The van der Waals surface area contributed by atoms with E-state index in [0.717, 1.165) is 23.6 Å². The van der Waals surface area contributed by atoms with Crippen molar-refractivity contribution in [3.8, 4) is 11.5 Å². The molecule has 1 aromatic heterocycles. The quantitative estimate of drug-likeness (QED) is 0.841. The molecule has 0 unspecified atom stereocenters. The minimum atomic E-state index is 0.485. The molecule has 106 valence electrons. The van der Waals surface area contributed by atoms with Gasteiger partial charge in [-0.3, -0.25) is 4.98 Å². The Kier molecular flexibility index (Phi) is 5.38. The lowest BCUT2D eigenvalue weighted by Crippen LogP contribution is -2.06. The molecule has 0 aliphatic carbocycles. The SMILES string of the molecule is CCOc1cc(CNC)ccc1OCc1cccnc1. The molecule has 0 atom stereocenters. The average Bonchev–Trinajstić information content (AvgIpc) is 2.48. The summed E-state index contributed by atoms with van der Waals surface area (Å²) in [5.74, 6) is 1.54. The van der Waals surface area contributed by atoms with Crippen molar-refractivity contribution in [2.75, 3.05) is 13.7 Å². The van der Waals surface area contributed by atoms with Gasteiger partial charge >= 0.3 is 0 Å². The van der Waals surface area contributed by atoms with Crippen LogP contribution in [0, 0.1) is 0 Å². The number of ether oxygens (including phenoxy) is 2. The van der Waals surface area contributed by atoms with Crippen LogP contribution in [0.5, 0.6) is 11.5 Å². The van der Waals surface area contributed by atoms with Crippen LogP contribution in [-0.2, 0) is 13.2 Å². The van der Waals surface area contributed by atoms with Gasteiger partial charge in [0.25, 0.3) is 0 Å². The summed E-state index contributed by atoms with van der Waals surface area (Å²) in [6, 6.07) is 9.89. The van der Waals surface area contributed by atoms with E-state index in [-0.39, 0.29) is 0 Å². The zero-order valence-electron chi connectivity index (χ0n) is 11.9. The third kappa shape index (κ3) is 3.96. The maximum Gasteiger partial charge on any atom is 0.161 e. The fourth-order valence-electron chi connectivity index (χ4n) is 1.90. The van der Waals surface area contributed by atoms with E-state index in [1.54, 1.807) is 12.4 Å². The Morgan fingerprint density at radius 3 is 2.70 bits per heavy atom. The average molecular weight is 272 g/mol. The molecule has 1 heterocycles. The highest BCUT2D eigenvalue weighted by molar-refractivity contribution is 5.43. The van der Waals surface area contributed by atoms with Gasteiger partial charge < -0.3 is 14.8 Å². The third-order valence-electron chi connectivity index (χ3n) is 2.81. The number of hydrogen-bond donors (Lipinski definition) is 1. The Balaban J connectivity index is 2.09. The smallest absolute Gasteiger partial charge is 0.161 e. The second-order valence-corrected chi connectivity index (χ2v) is 4.39. The number of pyridine rings is 1. The monoisotopic (exact) mass is 272 g/mol. The molecule has 0 saturated heterocycles. The summed E-state index contributed by atoms with van der Waals surface area (Å²) < 4.78 is 11.5. The molecule has 0 fully saturated rings. The highest BCUT2D eigenvalue weighted by Gasteiger charge is 2.06. The number of nitrogens with one attached hydrogen (secondary N) is 1. The summed E-state index contributed by atoms with van der Waals surface area (Å²) in [5, 5.41) is 3.13. The van der Waals surface area contributed by atoms with Crippen LogP contribution in [0.3, 0.4) is 0 Å². The Labute approximate surface area is 119 Å². The van der Waals surface area contributed by atoms with Gasteiger partial charge in [-0.1, -0.05) is 12.1 Å². The first-order valence-corrected chi connectivity index (χ1v) is 6.75. The van der Waals surface area contributed by atoms with Crippen molar-refractivity contribution in [2.24, 2.45) is 0 Å². The van der Waals surface area contributed by atoms with E-state index < -0.39 is 0 Å². The van der Waals surface area contributed by atoms with Gasteiger partial charge in [0.1, 0.15) is 6.61 Å². The van der Waals surface area contributed by atoms with Crippen molar-refractivity contribution in [2.45, 2.75) is 20.1 Å². The van der Waals surface area contributed by atoms with Crippen molar-refractivity contribution in [3.05, 3.63) is 53.9 Å². The van der Waals surface area contributed by atoms with Crippen molar-refractivity contribution in [1.82, 2.24) is 10.3 Å². The molecule has 1 aromatic carbocycles. The number of nitrogens with zero attached hydrogens (tertiary/aromatic N) is 1. The summed E-state index contributed by atoms with van der Waals surface area (Å²) in [7, 11) is 1.92. The zero-order chi connectivity index (χ0) is 14.2. The van der Waals surface area contributed by atoms with Gasteiger partial charge in [-0.05, 0) is 37.7 Å². The highest BCUT2D eigenvalue weighted by Crippen LogP contribution is 2.29. The van der Waals surface area contributed by atoms with E-state index in [0.29, 0.717) is 13.2 Å². The summed E-state index contributed by atoms with van der Waals surface area (Å²) in [5.41, 5.74) is 2.21. The van der Waals surface area contributed by atoms with E-state index in [2.05, 4.69) is 10.3 Å². The second kappa shape index (κ2) is 7.50. The van der Waals surface area contributed by atoms with Crippen LogP contribution in [0.1, 0.15) is 18.1 Å². The predicted molar refractivity (Wildman–Crippen MR) is 78.9 cm³/mol. The maximum atomic E-state index is 5.82. The van der Waals surface area contributed by atoms with Crippen molar-refractivity contribution >= 4 is 0 Å². The number of hydrogen-bond acceptors (Lipinski definition) is 4. The molecular formula is C16H20N2O2. The van der Waals surface area contributed by atoms with Crippen molar-refractivity contribution in [3.63, 3.8) is 0 Å². The van der Waals surface area contributed by atoms with Crippen LogP contribution < -0.4 is 14.8 Å². The zero-order valence-corrected chi connectivity index (χ0v) is 11.9. The normalized spacial score (nSPS) is 10.3. The summed E-state index contributed by atoms with van der Waals surface area (Å²) in [4.78, 5) is 4.07. The van der Waals surface area contributed by atoms with E-state index in [1.165, 1.54) is 5.56 Å². The molecule has 4 heteroatoms. The van der Waals surface area contributed by atoms with E-state index in [9.17, 15) is 0 Å². The lowest BCUT2D eigenvalue weighted by atomic mass is 10.2. The van der Waals surface area contributed by atoms with Crippen LogP contribution in [0.25, 0.3) is 0 Å². The van der Waals surface area contributed by atoms with E-state index in [1.807, 2.05) is 44.3 Å². The van der Waals surface area contributed by atoms with Crippen LogP contribution in [0.2, 0.25) is 0 Å². The number of benzene rings is 1. The molecule has 0 aliphatic heterocycles. The fraction of sp³-hybridized carbons (Fsp3) is 0.312. The topological polar surface area (TPSA) is 43.4 Å². The van der Waals surface area contributed by atoms with Crippen molar-refractivity contribution < 1.29 is 9.47 Å². The molecule has 2 aromatic rings. The summed E-state index contributed by atoms with van der Waals surface area (Å²) in [6.45, 7) is 3.88. The fourth-order valence-corrected chi connectivity index (χ4v) is 1.90. The second-order valence-electron chi connectivity index (χ2n) is 4.39. The largest absolute Gasteiger partial charge is 0.490 e. The molecule has 0 radical (unpaired) electrons. The van der Waals surface area contributed by atoms with Crippen molar-refractivity contribution in [1.29, 1.82) is 0 Å². The molecule has 0 aliphatic rings. The van der Waals surface area contributed by atoms with Crippen LogP contribution >= 0.6 is 0 Å². The van der Waals surface area contributed by atoms with Gasteiger partial charge in [0, 0.05) is 24.5 Å². The van der Waals surface area contributed by atoms with Gasteiger partial charge in [0.2, 0.25) is 0 Å². The lowest BCUT2D eigenvalue weighted by molar-refractivity contribution is 0.269. The summed E-state index contributed by atoms with van der Waals surface area (Å²) in [6.07, 6.45) is 3.55. The Hall–Kier alpha value is -2.07. The Bertz CT molecular complexity index is 529. The first kappa shape index (κ1) is 14.3. The number of rotatable bonds is 7. The molecular weight excluding hydrogens is 252 g/mol. The third-order valence-corrected chi connectivity index (χ3v) is 2.81. The summed E-state index contributed by atoms with van der Waals surface area (Å²) >= 11 is 0. The minimum absolute atomic E-state index is 0.485.